The van der Waals surface area contributed by atoms with Gasteiger partial charge in [0.2, 0.25) is 0 Å². The standard InChI is InChI=1S/C7H15S.F6P/c1-7(2)5-6-8(3)4;1-7(2,3,4,5)6/h5H,6H2,1-4H3;/q+1;-1. The summed E-state index contributed by atoms with van der Waals surface area (Å²) in [6.45, 7) is 4.29. The van der Waals surface area contributed by atoms with Crippen LogP contribution in [0.2, 0.25) is 0 Å². The molecule has 8 heteroatoms. The number of hydrogen-bond donors (Lipinski definition) is 0. The second-order valence-electron chi connectivity index (χ2n) is 3.39. The summed E-state index contributed by atoms with van der Waals surface area (Å²) in [5.74, 6) is 1.25. The first kappa shape index (κ1) is 17.5. The molecule has 0 saturated carbocycles. The molecule has 15 heavy (non-hydrogen) atoms. The molecule has 0 aliphatic heterocycles. The molecule has 0 aromatic carbocycles. The van der Waals surface area contributed by atoms with Crippen molar-refractivity contribution in [1.29, 1.82) is 0 Å². The zero-order valence-electron chi connectivity index (χ0n) is 8.91. The van der Waals surface area contributed by atoms with Gasteiger partial charge in [0, 0.05) is 0 Å². The molecule has 0 aromatic rings. The van der Waals surface area contributed by atoms with Crippen molar-refractivity contribution in [3.8, 4) is 0 Å². The van der Waals surface area contributed by atoms with Gasteiger partial charge in [-0.25, -0.2) is 0 Å². The molecule has 0 N–H and O–H groups in total. The van der Waals surface area contributed by atoms with Gasteiger partial charge in [-0.05, 0) is 30.8 Å². The van der Waals surface area contributed by atoms with Crippen LogP contribution in [0.4, 0.5) is 25.2 Å². The van der Waals surface area contributed by atoms with Crippen LogP contribution in [-0.2, 0) is 10.9 Å². The van der Waals surface area contributed by atoms with Crippen LogP contribution in [-0.4, -0.2) is 18.3 Å². The van der Waals surface area contributed by atoms with Gasteiger partial charge in [-0.2, -0.15) is 0 Å². The minimum absolute atomic E-state index is 0.587. The first-order chi connectivity index (χ1) is 6.08. The maximum atomic E-state index is 9.87. The van der Waals surface area contributed by atoms with Crippen LogP contribution in [0, 0.1) is 0 Å². The molecule has 0 amide bonds. The number of rotatable bonds is 2. The molecule has 96 valence electrons. The Labute approximate surface area is 88.3 Å². The molecule has 0 radical (unpaired) electrons. The van der Waals surface area contributed by atoms with Crippen LogP contribution in [0.3, 0.4) is 0 Å². The molecule has 0 bridgehead atoms. The van der Waals surface area contributed by atoms with Gasteiger partial charge in [-0.15, -0.1) is 0 Å². The Balaban J connectivity index is 0. The van der Waals surface area contributed by atoms with Gasteiger partial charge >= 0.3 is 33.0 Å². The SMILES string of the molecule is CC(C)=CC[S+](C)C.F[P-](F)(F)(F)(F)F. The average molecular weight is 276 g/mol. The van der Waals surface area contributed by atoms with Crippen LogP contribution in [0.15, 0.2) is 11.6 Å². The first-order valence-electron chi connectivity index (χ1n) is 3.82. The molecule has 0 atom stereocenters. The molecule has 0 fully saturated rings. The van der Waals surface area contributed by atoms with Gasteiger partial charge in [0.15, 0.2) is 0 Å². The maximum absolute atomic E-state index is 10.7. The fourth-order valence-corrected chi connectivity index (χ4v) is 1.000. The van der Waals surface area contributed by atoms with E-state index in [9.17, 15) is 25.2 Å². The Kier molecular flexibility index (Phi) is 5.29. The van der Waals surface area contributed by atoms with Crippen molar-refractivity contribution < 1.29 is 25.2 Å². The fraction of sp³-hybridized carbons (Fsp3) is 0.714. The Morgan fingerprint density at radius 2 is 1.27 bits per heavy atom. The molecule has 0 saturated heterocycles. The van der Waals surface area contributed by atoms with Crippen molar-refractivity contribution in [1.82, 2.24) is 0 Å². The molecule has 0 unspecified atom stereocenters. The van der Waals surface area contributed by atoms with E-state index in [0.717, 1.165) is 0 Å². The molecule has 0 spiro atoms. The van der Waals surface area contributed by atoms with E-state index in [1.807, 2.05) is 0 Å². The molecular formula is C7H15F6PS. The minimum atomic E-state index is -10.7. The van der Waals surface area contributed by atoms with E-state index >= 15 is 0 Å². The summed E-state index contributed by atoms with van der Waals surface area (Å²) in [7, 11) is -10.1. The Hall–Kier alpha value is 0.1000. The average Bonchev–Trinajstić information content (AvgIpc) is 1.75. The van der Waals surface area contributed by atoms with Gasteiger partial charge in [0.25, 0.3) is 0 Å². The van der Waals surface area contributed by atoms with Crippen molar-refractivity contribution >= 4 is 18.7 Å². The summed E-state index contributed by atoms with van der Waals surface area (Å²) in [6.07, 6.45) is 6.82. The zero-order valence-corrected chi connectivity index (χ0v) is 10.6. The topological polar surface area (TPSA) is 0 Å². The van der Waals surface area contributed by atoms with Crippen LogP contribution in [0.25, 0.3) is 0 Å². The third-order valence-corrected chi connectivity index (χ3v) is 1.66. The number of allylic oxidation sites excluding steroid dienone is 1. The van der Waals surface area contributed by atoms with Gasteiger partial charge in [-0.3, -0.25) is 0 Å². The molecular weight excluding hydrogens is 261 g/mol. The summed E-state index contributed by atoms with van der Waals surface area (Å²) in [5.41, 5.74) is 1.44. The quantitative estimate of drug-likeness (QED) is 0.281. The van der Waals surface area contributed by atoms with Crippen LogP contribution >= 0.6 is 7.81 Å². The summed E-state index contributed by atoms with van der Waals surface area (Å²) in [4.78, 5) is 0. The summed E-state index contributed by atoms with van der Waals surface area (Å²) >= 11 is 0. The van der Waals surface area contributed by atoms with E-state index in [4.69, 9.17) is 0 Å². The Bertz CT molecular complexity index is 210. The van der Waals surface area contributed by atoms with Gasteiger partial charge in [0.1, 0.15) is 5.75 Å². The Morgan fingerprint density at radius 3 is 1.33 bits per heavy atom. The third kappa shape index (κ3) is 79.4. The van der Waals surface area contributed by atoms with E-state index < -0.39 is 7.81 Å². The number of hydrogen-bond acceptors (Lipinski definition) is 0. The van der Waals surface area contributed by atoms with Crippen LogP contribution in [0.1, 0.15) is 13.8 Å². The van der Waals surface area contributed by atoms with Gasteiger partial charge in [-0.1, -0.05) is 5.57 Å². The molecule has 0 rings (SSSR count). The van der Waals surface area contributed by atoms with Crippen molar-refractivity contribution in [2.75, 3.05) is 18.3 Å². The van der Waals surface area contributed by atoms with Crippen LogP contribution < -0.4 is 0 Å². The van der Waals surface area contributed by atoms with E-state index in [1.165, 1.54) is 11.3 Å². The molecule has 0 aliphatic carbocycles. The van der Waals surface area contributed by atoms with E-state index in [-0.39, 0.29) is 0 Å². The normalized spacial score (nSPS) is 15.9. The predicted molar refractivity (Wildman–Crippen MR) is 57.1 cm³/mol. The van der Waals surface area contributed by atoms with Crippen molar-refractivity contribution in [2.24, 2.45) is 0 Å². The monoisotopic (exact) mass is 276 g/mol. The molecule has 0 nitrogen and oxygen atoms in total. The summed E-state index contributed by atoms with van der Waals surface area (Å²) < 4.78 is 59.2. The van der Waals surface area contributed by atoms with Gasteiger partial charge in [0.05, 0.1) is 12.5 Å². The molecule has 0 aliphatic rings. The summed E-state index contributed by atoms with van der Waals surface area (Å²) in [5, 5.41) is 0. The predicted octanol–water partition coefficient (Wildman–Crippen LogP) is 5.21. The van der Waals surface area contributed by atoms with Crippen LogP contribution in [0.5, 0.6) is 0 Å². The number of halogens is 6. The molecule has 0 heterocycles. The van der Waals surface area contributed by atoms with Crippen molar-refractivity contribution in [2.45, 2.75) is 13.8 Å². The second kappa shape index (κ2) is 4.53. The third-order valence-electron chi connectivity index (χ3n) is 0.825. The van der Waals surface area contributed by atoms with E-state index in [2.05, 4.69) is 32.4 Å². The molecule has 0 aromatic heterocycles. The Morgan fingerprint density at radius 1 is 1.00 bits per heavy atom. The van der Waals surface area contributed by atoms with E-state index in [0.29, 0.717) is 10.9 Å². The summed E-state index contributed by atoms with van der Waals surface area (Å²) in [6, 6.07) is 0. The second-order valence-corrected chi connectivity index (χ2v) is 7.61. The fourth-order valence-electron chi connectivity index (χ4n) is 0.333. The van der Waals surface area contributed by atoms with Crippen molar-refractivity contribution in [3.05, 3.63) is 11.6 Å². The van der Waals surface area contributed by atoms with Gasteiger partial charge < -0.3 is 0 Å². The van der Waals surface area contributed by atoms with Crippen molar-refractivity contribution in [3.63, 3.8) is 0 Å². The zero-order chi connectivity index (χ0) is 13.0. The van der Waals surface area contributed by atoms with E-state index in [1.54, 1.807) is 0 Å². The first-order valence-corrected chi connectivity index (χ1v) is 8.05.